The summed E-state index contributed by atoms with van der Waals surface area (Å²) >= 11 is 0. The Morgan fingerprint density at radius 3 is 2.13 bits per heavy atom. The van der Waals surface area contributed by atoms with Crippen LogP contribution in [0, 0.1) is 0 Å². The highest BCUT2D eigenvalue weighted by atomic mass is 16.5. The van der Waals surface area contributed by atoms with E-state index in [2.05, 4.69) is 0 Å². The van der Waals surface area contributed by atoms with Gasteiger partial charge in [-0.15, -0.1) is 0 Å². The first-order chi connectivity index (χ1) is 14.6. The molecule has 0 fully saturated rings. The van der Waals surface area contributed by atoms with Gasteiger partial charge in [-0.25, -0.2) is 4.79 Å². The number of amides is 1. The molecule has 1 aliphatic rings. The normalized spacial score (nSPS) is 16.1. The molecule has 5 heteroatoms. The van der Waals surface area contributed by atoms with E-state index in [1.54, 1.807) is 29.2 Å². The fourth-order valence-electron chi connectivity index (χ4n) is 3.78. The van der Waals surface area contributed by atoms with Crippen LogP contribution in [0.4, 0.5) is 0 Å². The van der Waals surface area contributed by atoms with Gasteiger partial charge >= 0.3 is 5.97 Å². The second-order valence-electron chi connectivity index (χ2n) is 7.06. The second kappa shape index (κ2) is 8.25. The summed E-state index contributed by atoms with van der Waals surface area (Å²) in [5.74, 6) is -1.09. The summed E-state index contributed by atoms with van der Waals surface area (Å²) in [5, 5.41) is 10.8. The molecule has 3 aromatic rings. The van der Waals surface area contributed by atoms with Crippen molar-refractivity contribution in [2.45, 2.75) is 12.6 Å². The number of aliphatic hydroxyl groups excluding tert-OH is 1. The van der Waals surface area contributed by atoms with E-state index in [0.29, 0.717) is 17.7 Å². The quantitative estimate of drug-likeness (QED) is 0.641. The van der Waals surface area contributed by atoms with Crippen LogP contribution >= 0.6 is 0 Å². The molecule has 0 aliphatic carbocycles. The number of methoxy groups -OCH3 is 1. The fraction of sp³-hybridized carbons (Fsp3) is 0.120. The first-order valence-electron chi connectivity index (χ1n) is 9.62. The number of rotatable bonds is 5. The van der Waals surface area contributed by atoms with E-state index in [-0.39, 0.29) is 5.76 Å². The molecular formula is C25H21NO4. The first kappa shape index (κ1) is 19.5. The van der Waals surface area contributed by atoms with Crippen molar-refractivity contribution < 1.29 is 19.4 Å². The van der Waals surface area contributed by atoms with Crippen LogP contribution in [0.25, 0.3) is 5.57 Å². The Labute approximate surface area is 174 Å². The molecular weight excluding hydrogens is 378 g/mol. The third kappa shape index (κ3) is 3.57. The SMILES string of the molecule is COC(=O)c1ccc(C2C(c3ccccc3)=C(O)C(=O)N2Cc2ccccc2)cc1. The van der Waals surface area contributed by atoms with Crippen LogP contribution in [-0.4, -0.2) is 29.0 Å². The average molecular weight is 399 g/mol. The van der Waals surface area contributed by atoms with Gasteiger partial charge in [0.25, 0.3) is 5.91 Å². The highest BCUT2D eigenvalue weighted by Crippen LogP contribution is 2.43. The Morgan fingerprint density at radius 2 is 1.53 bits per heavy atom. The average Bonchev–Trinajstić information content (AvgIpc) is 3.05. The van der Waals surface area contributed by atoms with Crippen molar-refractivity contribution in [1.82, 2.24) is 4.90 Å². The maximum atomic E-state index is 13.0. The van der Waals surface area contributed by atoms with E-state index in [1.807, 2.05) is 60.7 Å². The van der Waals surface area contributed by atoms with E-state index in [4.69, 9.17) is 4.74 Å². The number of carbonyl (C=O) groups excluding carboxylic acids is 2. The zero-order valence-electron chi connectivity index (χ0n) is 16.5. The Morgan fingerprint density at radius 1 is 0.933 bits per heavy atom. The van der Waals surface area contributed by atoms with Crippen LogP contribution in [0.3, 0.4) is 0 Å². The predicted octanol–water partition coefficient (Wildman–Crippen LogP) is 4.53. The maximum Gasteiger partial charge on any atom is 0.337 e. The molecule has 0 saturated heterocycles. The van der Waals surface area contributed by atoms with Crippen LogP contribution in [0.1, 0.15) is 33.1 Å². The van der Waals surface area contributed by atoms with Crippen molar-refractivity contribution in [2.75, 3.05) is 7.11 Å². The maximum absolute atomic E-state index is 13.0. The van der Waals surface area contributed by atoms with Crippen LogP contribution < -0.4 is 0 Å². The molecule has 0 radical (unpaired) electrons. The lowest BCUT2D eigenvalue weighted by molar-refractivity contribution is -0.130. The predicted molar refractivity (Wildman–Crippen MR) is 114 cm³/mol. The number of carbonyl (C=O) groups is 2. The number of benzene rings is 3. The molecule has 1 N–H and O–H groups in total. The number of hydrogen-bond donors (Lipinski definition) is 1. The molecule has 1 aliphatic heterocycles. The largest absolute Gasteiger partial charge is 0.503 e. The lowest BCUT2D eigenvalue weighted by Crippen LogP contribution is -2.29. The monoisotopic (exact) mass is 399 g/mol. The summed E-state index contributed by atoms with van der Waals surface area (Å²) in [7, 11) is 1.34. The Kier molecular flexibility index (Phi) is 5.35. The minimum absolute atomic E-state index is 0.251. The summed E-state index contributed by atoms with van der Waals surface area (Å²) < 4.78 is 4.77. The first-order valence-corrected chi connectivity index (χ1v) is 9.62. The molecule has 1 unspecified atom stereocenters. The van der Waals surface area contributed by atoms with Crippen molar-refractivity contribution >= 4 is 17.4 Å². The van der Waals surface area contributed by atoms with Crippen molar-refractivity contribution in [1.29, 1.82) is 0 Å². The van der Waals surface area contributed by atoms with Crippen molar-refractivity contribution in [2.24, 2.45) is 0 Å². The lowest BCUT2D eigenvalue weighted by Gasteiger charge is -2.27. The van der Waals surface area contributed by atoms with E-state index >= 15 is 0 Å². The van der Waals surface area contributed by atoms with Crippen molar-refractivity contribution in [3.05, 3.63) is 113 Å². The molecule has 0 bridgehead atoms. The van der Waals surface area contributed by atoms with Gasteiger partial charge in [0.1, 0.15) is 0 Å². The minimum atomic E-state index is -0.480. The number of esters is 1. The zero-order chi connectivity index (χ0) is 21.1. The summed E-state index contributed by atoms with van der Waals surface area (Å²) in [5.41, 5.74) is 3.52. The highest BCUT2D eigenvalue weighted by Gasteiger charge is 2.40. The van der Waals surface area contributed by atoms with E-state index in [0.717, 1.165) is 16.7 Å². The van der Waals surface area contributed by atoms with Gasteiger partial charge in [-0.2, -0.15) is 0 Å². The van der Waals surface area contributed by atoms with Crippen LogP contribution in [0.15, 0.2) is 90.7 Å². The Bertz CT molecular complexity index is 1090. The lowest BCUT2D eigenvalue weighted by atomic mass is 9.93. The molecule has 5 nitrogen and oxygen atoms in total. The summed E-state index contributed by atoms with van der Waals surface area (Å²) in [6.07, 6.45) is 0. The molecule has 30 heavy (non-hydrogen) atoms. The molecule has 0 spiro atoms. The van der Waals surface area contributed by atoms with Gasteiger partial charge in [0.2, 0.25) is 0 Å². The van der Waals surface area contributed by atoms with Crippen molar-refractivity contribution in [3.8, 4) is 0 Å². The fourth-order valence-corrected chi connectivity index (χ4v) is 3.78. The number of nitrogens with zero attached hydrogens (tertiary/aromatic N) is 1. The molecule has 0 saturated carbocycles. The second-order valence-corrected chi connectivity index (χ2v) is 7.06. The highest BCUT2D eigenvalue weighted by molar-refractivity contribution is 6.05. The third-order valence-electron chi connectivity index (χ3n) is 5.23. The van der Waals surface area contributed by atoms with Crippen LogP contribution in [-0.2, 0) is 16.1 Å². The standard InChI is InChI=1S/C25H21NO4/c1-30-25(29)20-14-12-19(13-15-20)22-21(18-10-6-3-7-11-18)23(27)24(28)26(22)16-17-8-4-2-5-9-17/h2-15,22,27H,16H2,1H3. The van der Waals surface area contributed by atoms with Crippen LogP contribution in [0.5, 0.6) is 0 Å². The van der Waals surface area contributed by atoms with Crippen molar-refractivity contribution in [3.63, 3.8) is 0 Å². The topological polar surface area (TPSA) is 66.8 Å². The summed E-state index contributed by atoms with van der Waals surface area (Å²) in [4.78, 5) is 26.5. The molecule has 150 valence electrons. The minimum Gasteiger partial charge on any atom is -0.503 e. The Hall–Kier alpha value is -3.86. The number of ether oxygens (including phenoxy) is 1. The number of hydrogen-bond acceptors (Lipinski definition) is 4. The number of aliphatic hydroxyl groups is 1. The van der Waals surface area contributed by atoms with Gasteiger partial charge in [0.05, 0.1) is 18.7 Å². The van der Waals surface area contributed by atoms with E-state index < -0.39 is 17.9 Å². The molecule has 3 aromatic carbocycles. The molecule has 1 amide bonds. The smallest absolute Gasteiger partial charge is 0.337 e. The third-order valence-corrected chi connectivity index (χ3v) is 5.23. The van der Waals surface area contributed by atoms with E-state index in [1.165, 1.54) is 7.11 Å². The molecule has 4 rings (SSSR count). The summed E-state index contributed by atoms with van der Waals surface area (Å²) in [6.45, 7) is 0.351. The molecule has 1 heterocycles. The van der Waals surface area contributed by atoms with Gasteiger partial charge in [-0.3, -0.25) is 4.79 Å². The van der Waals surface area contributed by atoms with Gasteiger partial charge in [0.15, 0.2) is 5.76 Å². The molecule has 1 atom stereocenters. The van der Waals surface area contributed by atoms with Gasteiger partial charge in [-0.1, -0.05) is 72.8 Å². The Balaban J connectivity index is 1.79. The van der Waals surface area contributed by atoms with Gasteiger partial charge in [0, 0.05) is 12.1 Å². The van der Waals surface area contributed by atoms with Gasteiger partial charge < -0.3 is 14.7 Å². The van der Waals surface area contributed by atoms with Gasteiger partial charge in [-0.05, 0) is 28.8 Å². The van der Waals surface area contributed by atoms with Crippen LogP contribution in [0.2, 0.25) is 0 Å². The summed E-state index contributed by atoms with van der Waals surface area (Å²) in [6, 6.07) is 25.5. The van der Waals surface area contributed by atoms with E-state index in [9.17, 15) is 14.7 Å². The zero-order valence-corrected chi connectivity index (χ0v) is 16.5. The molecule has 0 aromatic heterocycles.